The highest BCUT2D eigenvalue weighted by molar-refractivity contribution is 7.21. The van der Waals surface area contributed by atoms with Crippen molar-refractivity contribution in [3.05, 3.63) is 79.2 Å². The van der Waals surface area contributed by atoms with Gasteiger partial charge in [-0.15, -0.1) is 11.3 Å². The van der Waals surface area contributed by atoms with E-state index >= 15 is 0 Å². The van der Waals surface area contributed by atoms with Gasteiger partial charge in [-0.1, -0.05) is 11.6 Å². The number of carbonyl (C=O) groups is 1. The Kier molecular flexibility index (Phi) is 4.85. The summed E-state index contributed by atoms with van der Waals surface area (Å²) in [6, 6.07) is 13.0. The molecule has 128 valence electrons. The average molecular weight is 383 g/mol. The molecule has 0 aliphatic rings. The van der Waals surface area contributed by atoms with Gasteiger partial charge in [0.05, 0.1) is 9.80 Å². The Morgan fingerprint density at radius 2 is 1.96 bits per heavy atom. The molecule has 7 heteroatoms. The largest absolute Gasteiger partial charge is 0.287 e. The Labute approximate surface area is 157 Å². The molecule has 0 saturated carbocycles. The van der Waals surface area contributed by atoms with Gasteiger partial charge < -0.3 is 0 Å². The fourth-order valence-corrected chi connectivity index (χ4v) is 3.86. The van der Waals surface area contributed by atoms with Crippen molar-refractivity contribution in [3.63, 3.8) is 0 Å². The maximum absolute atomic E-state index is 12.8. The van der Waals surface area contributed by atoms with Crippen LogP contribution in [0.25, 0.3) is 16.2 Å². The molecule has 0 radical (unpaired) electrons. The first-order chi connectivity index (χ1) is 12.4. The minimum Gasteiger partial charge on any atom is -0.287 e. The molecule has 0 aliphatic heterocycles. The van der Waals surface area contributed by atoms with E-state index in [1.54, 1.807) is 12.1 Å². The highest BCUT2D eigenvalue weighted by Gasteiger charge is 2.19. The molecule has 0 bridgehead atoms. The quantitative estimate of drug-likeness (QED) is 0.194. The van der Waals surface area contributed by atoms with Crippen molar-refractivity contribution in [1.29, 1.82) is 5.26 Å². The molecular formula is C19H11ClN2O3S. The van der Waals surface area contributed by atoms with Crippen LogP contribution in [0.15, 0.2) is 48.0 Å². The van der Waals surface area contributed by atoms with Crippen LogP contribution in [0.1, 0.15) is 20.8 Å². The van der Waals surface area contributed by atoms with Gasteiger partial charge in [0.15, 0.2) is 0 Å². The number of nitro benzene ring substituents is 1. The predicted octanol–water partition coefficient (Wildman–Crippen LogP) is 5.56. The van der Waals surface area contributed by atoms with Crippen LogP contribution in [-0.4, -0.2) is 10.7 Å². The van der Waals surface area contributed by atoms with E-state index in [4.69, 9.17) is 11.6 Å². The number of fused-ring (bicyclic) bond motifs is 1. The van der Waals surface area contributed by atoms with E-state index in [2.05, 4.69) is 0 Å². The van der Waals surface area contributed by atoms with Crippen molar-refractivity contribution in [2.24, 2.45) is 0 Å². The second kappa shape index (κ2) is 7.08. The van der Waals surface area contributed by atoms with E-state index in [9.17, 15) is 20.2 Å². The van der Waals surface area contributed by atoms with Gasteiger partial charge in [0.1, 0.15) is 11.6 Å². The molecule has 0 amide bonds. The van der Waals surface area contributed by atoms with Crippen molar-refractivity contribution in [3.8, 4) is 6.07 Å². The Morgan fingerprint density at radius 3 is 2.58 bits per heavy atom. The first-order valence-corrected chi connectivity index (χ1v) is 8.69. The molecule has 3 aromatic rings. The van der Waals surface area contributed by atoms with Crippen LogP contribution in [0.2, 0.25) is 5.02 Å². The monoisotopic (exact) mass is 382 g/mol. The second-order valence-electron chi connectivity index (χ2n) is 5.54. The number of halogens is 1. The van der Waals surface area contributed by atoms with Crippen molar-refractivity contribution in [2.75, 3.05) is 0 Å². The smallest absolute Gasteiger partial charge is 0.269 e. The van der Waals surface area contributed by atoms with Crippen LogP contribution in [0.3, 0.4) is 0 Å². The average Bonchev–Trinajstić information content (AvgIpc) is 2.96. The Balaban J connectivity index is 2.00. The van der Waals surface area contributed by atoms with E-state index in [0.29, 0.717) is 15.5 Å². The third kappa shape index (κ3) is 3.36. The number of nitriles is 1. The lowest BCUT2D eigenvalue weighted by molar-refractivity contribution is -0.384. The summed E-state index contributed by atoms with van der Waals surface area (Å²) in [5, 5.41) is 21.6. The summed E-state index contributed by atoms with van der Waals surface area (Å²) in [5.41, 5.74) is 1.24. The minimum absolute atomic E-state index is 0.0281. The van der Waals surface area contributed by atoms with E-state index in [0.717, 1.165) is 15.6 Å². The number of carbonyl (C=O) groups excluding carboxylic acids is 1. The number of thiophene rings is 1. The number of nitro groups is 1. The fourth-order valence-electron chi connectivity index (χ4n) is 2.54. The van der Waals surface area contributed by atoms with Crippen LogP contribution in [0.5, 0.6) is 0 Å². The molecule has 5 nitrogen and oxygen atoms in total. The fraction of sp³-hybridized carbons (Fsp3) is 0.0526. The number of rotatable bonds is 4. The summed E-state index contributed by atoms with van der Waals surface area (Å²) in [6.07, 6.45) is 1.43. The first kappa shape index (κ1) is 17.8. The number of allylic oxidation sites excluding steroid dienone is 1. The number of hydrogen-bond donors (Lipinski definition) is 0. The number of hydrogen-bond acceptors (Lipinski definition) is 5. The molecule has 1 heterocycles. The number of non-ortho nitro benzene ring substituents is 1. The van der Waals surface area contributed by atoms with Gasteiger partial charge >= 0.3 is 0 Å². The Morgan fingerprint density at radius 1 is 1.27 bits per heavy atom. The summed E-state index contributed by atoms with van der Waals surface area (Å²) in [5.74, 6) is -0.374. The van der Waals surface area contributed by atoms with Crippen molar-refractivity contribution >= 4 is 50.6 Å². The second-order valence-corrected chi connectivity index (χ2v) is 7.03. The maximum atomic E-state index is 12.8. The first-order valence-electron chi connectivity index (χ1n) is 7.50. The van der Waals surface area contributed by atoms with E-state index in [-0.39, 0.29) is 17.0 Å². The van der Waals surface area contributed by atoms with Crippen molar-refractivity contribution < 1.29 is 9.72 Å². The molecular weight excluding hydrogens is 372 g/mol. The number of nitrogens with zero attached hydrogens (tertiary/aromatic N) is 2. The Hall–Kier alpha value is -3.01. The molecule has 3 rings (SSSR count). The van der Waals surface area contributed by atoms with Gasteiger partial charge in [-0.05, 0) is 59.8 Å². The zero-order valence-electron chi connectivity index (χ0n) is 13.5. The lowest BCUT2D eigenvalue weighted by Gasteiger charge is -1.99. The summed E-state index contributed by atoms with van der Waals surface area (Å²) in [6.45, 7) is 1.82. The predicted molar refractivity (Wildman–Crippen MR) is 103 cm³/mol. The highest BCUT2D eigenvalue weighted by Crippen LogP contribution is 2.34. The van der Waals surface area contributed by atoms with Crippen LogP contribution in [0.4, 0.5) is 5.69 Å². The normalized spacial score (nSPS) is 11.3. The molecule has 0 saturated heterocycles. The van der Waals surface area contributed by atoms with Crippen molar-refractivity contribution in [2.45, 2.75) is 6.92 Å². The van der Waals surface area contributed by atoms with E-state index in [1.807, 2.05) is 19.1 Å². The molecule has 0 atom stereocenters. The van der Waals surface area contributed by atoms with Gasteiger partial charge in [-0.25, -0.2) is 0 Å². The van der Waals surface area contributed by atoms with Gasteiger partial charge in [-0.3, -0.25) is 14.9 Å². The summed E-state index contributed by atoms with van der Waals surface area (Å²) < 4.78 is 0.919. The minimum atomic E-state index is -0.504. The van der Waals surface area contributed by atoms with E-state index in [1.165, 1.54) is 41.7 Å². The molecule has 0 fully saturated rings. The summed E-state index contributed by atoms with van der Waals surface area (Å²) >= 11 is 7.33. The van der Waals surface area contributed by atoms with Gasteiger partial charge in [0, 0.05) is 21.9 Å². The zero-order valence-corrected chi connectivity index (χ0v) is 15.1. The zero-order chi connectivity index (χ0) is 18.8. The van der Waals surface area contributed by atoms with Gasteiger partial charge in [0.2, 0.25) is 5.78 Å². The molecule has 26 heavy (non-hydrogen) atoms. The van der Waals surface area contributed by atoms with E-state index < -0.39 is 4.92 Å². The maximum Gasteiger partial charge on any atom is 0.269 e. The molecule has 2 aromatic carbocycles. The van der Waals surface area contributed by atoms with Gasteiger partial charge in [0.25, 0.3) is 5.69 Å². The van der Waals surface area contributed by atoms with Crippen LogP contribution in [0, 0.1) is 28.4 Å². The standard InChI is InChI=1S/C19H11ClN2O3S/c1-11-16-9-14(20)4-7-17(16)26-19(11)18(23)13(10-21)8-12-2-5-15(6-3-12)22(24)25/h2-9H,1H3. The molecule has 0 spiro atoms. The molecule has 1 aromatic heterocycles. The Bertz CT molecular complexity index is 1110. The summed E-state index contributed by atoms with van der Waals surface area (Å²) in [4.78, 5) is 23.5. The molecule has 0 aliphatic carbocycles. The third-order valence-electron chi connectivity index (χ3n) is 3.88. The summed E-state index contributed by atoms with van der Waals surface area (Å²) in [7, 11) is 0. The number of ketones is 1. The number of Topliss-reactive ketones (excluding diaryl/α,β-unsaturated/α-hetero) is 1. The van der Waals surface area contributed by atoms with Crippen LogP contribution >= 0.6 is 22.9 Å². The van der Waals surface area contributed by atoms with Gasteiger partial charge in [-0.2, -0.15) is 5.26 Å². The number of benzene rings is 2. The van der Waals surface area contributed by atoms with Crippen molar-refractivity contribution in [1.82, 2.24) is 0 Å². The molecule has 0 unspecified atom stereocenters. The topological polar surface area (TPSA) is 84.0 Å². The lowest BCUT2D eigenvalue weighted by atomic mass is 10.0. The number of aryl methyl sites for hydroxylation is 1. The SMILES string of the molecule is Cc1c(C(=O)C(C#N)=Cc2ccc([N+](=O)[O-])cc2)sc2ccc(Cl)cc12. The van der Waals surface area contributed by atoms with Crippen LogP contribution in [-0.2, 0) is 0 Å². The lowest BCUT2D eigenvalue weighted by Crippen LogP contribution is -2.01. The highest BCUT2D eigenvalue weighted by atomic mass is 35.5. The van der Waals surface area contributed by atoms with Crippen LogP contribution < -0.4 is 0 Å². The molecule has 0 N–H and O–H groups in total. The third-order valence-corrected chi connectivity index (χ3v) is 5.39.